The zero-order chi connectivity index (χ0) is 19.9. The number of benzene rings is 2. The van der Waals surface area contributed by atoms with Gasteiger partial charge in [-0.2, -0.15) is 0 Å². The average molecular weight is 394 g/mol. The summed E-state index contributed by atoms with van der Waals surface area (Å²) in [7, 11) is 0. The van der Waals surface area contributed by atoms with Gasteiger partial charge in [-0.25, -0.2) is 4.98 Å². The van der Waals surface area contributed by atoms with E-state index in [1.54, 1.807) is 12.1 Å². The Hall–Kier alpha value is -2.86. The van der Waals surface area contributed by atoms with E-state index in [9.17, 15) is 9.59 Å². The van der Waals surface area contributed by atoms with Crippen LogP contribution in [0.3, 0.4) is 0 Å². The first kappa shape index (κ1) is 19.9. The predicted octanol–water partition coefficient (Wildman–Crippen LogP) is 4.63. The van der Waals surface area contributed by atoms with E-state index in [0.717, 1.165) is 27.2 Å². The molecular formula is C22H22N2O3S. The third-order valence-electron chi connectivity index (χ3n) is 4.03. The van der Waals surface area contributed by atoms with Gasteiger partial charge in [0, 0.05) is 11.1 Å². The molecular weight excluding hydrogens is 372 g/mol. The van der Waals surface area contributed by atoms with Crippen molar-refractivity contribution in [2.75, 3.05) is 17.7 Å². The van der Waals surface area contributed by atoms with Crippen LogP contribution in [-0.4, -0.2) is 29.0 Å². The molecule has 1 aromatic heterocycles. The van der Waals surface area contributed by atoms with Crippen LogP contribution >= 0.6 is 11.8 Å². The van der Waals surface area contributed by atoms with Gasteiger partial charge in [-0.3, -0.25) is 9.59 Å². The number of carbonyl (C=O) groups excluding carboxylic acids is 2. The average Bonchev–Trinajstić information content (AvgIpc) is 2.67. The van der Waals surface area contributed by atoms with Crippen molar-refractivity contribution >= 4 is 40.0 Å². The smallest absolute Gasteiger partial charge is 0.231 e. The molecule has 0 aliphatic carbocycles. The molecule has 0 atom stereocenters. The fourth-order valence-corrected chi connectivity index (χ4v) is 3.60. The molecule has 0 spiro atoms. The minimum atomic E-state index is -0.302. The number of Topliss-reactive ketones (excluding diaryl/α,β-unsaturated/α-hetero) is 1. The lowest BCUT2D eigenvalue weighted by atomic mass is 10.1. The van der Waals surface area contributed by atoms with Gasteiger partial charge in [0.05, 0.1) is 24.3 Å². The van der Waals surface area contributed by atoms with Crippen molar-refractivity contribution in [3.63, 3.8) is 0 Å². The molecule has 2 aromatic carbocycles. The van der Waals surface area contributed by atoms with Gasteiger partial charge in [-0.05, 0) is 55.8 Å². The summed E-state index contributed by atoms with van der Waals surface area (Å²) in [6, 6.07) is 16.9. The van der Waals surface area contributed by atoms with Crippen molar-refractivity contribution in [1.82, 2.24) is 4.98 Å². The molecule has 0 aliphatic rings. The molecule has 0 unspecified atom stereocenters. The number of hydrogen-bond acceptors (Lipinski definition) is 5. The first-order chi connectivity index (χ1) is 13.5. The molecule has 0 fully saturated rings. The Bertz CT molecular complexity index is 990. The number of amides is 1. The van der Waals surface area contributed by atoms with Crippen molar-refractivity contribution in [2.45, 2.75) is 25.3 Å². The summed E-state index contributed by atoms with van der Waals surface area (Å²) >= 11 is 1.36. The molecule has 0 radical (unpaired) electrons. The van der Waals surface area contributed by atoms with Crippen LogP contribution < -0.4 is 10.1 Å². The molecule has 1 amide bonds. The highest BCUT2D eigenvalue weighted by Gasteiger charge is 2.12. The van der Waals surface area contributed by atoms with Crippen LogP contribution in [0.2, 0.25) is 0 Å². The Morgan fingerprint density at radius 2 is 1.89 bits per heavy atom. The molecule has 28 heavy (non-hydrogen) atoms. The summed E-state index contributed by atoms with van der Waals surface area (Å²) < 4.78 is 5.53. The van der Waals surface area contributed by atoms with Crippen molar-refractivity contribution in [1.29, 1.82) is 0 Å². The number of anilines is 1. The van der Waals surface area contributed by atoms with Gasteiger partial charge in [-0.1, -0.05) is 30.0 Å². The lowest BCUT2D eigenvalue weighted by Crippen LogP contribution is -2.17. The molecule has 144 valence electrons. The fourth-order valence-electron chi connectivity index (χ4n) is 2.75. The number of nitrogens with one attached hydrogen (secondary N) is 1. The number of fused-ring (bicyclic) bond motifs is 1. The highest BCUT2D eigenvalue weighted by atomic mass is 32.2. The first-order valence-electron chi connectivity index (χ1n) is 9.08. The normalized spacial score (nSPS) is 10.6. The van der Waals surface area contributed by atoms with Crippen molar-refractivity contribution < 1.29 is 14.3 Å². The number of pyridine rings is 1. The Kier molecular flexibility index (Phi) is 6.66. The maximum atomic E-state index is 12.2. The van der Waals surface area contributed by atoms with Crippen LogP contribution in [0.25, 0.3) is 10.9 Å². The van der Waals surface area contributed by atoms with Crippen LogP contribution in [0.15, 0.2) is 59.6 Å². The lowest BCUT2D eigenvalue weighted by Gasteiger charge is -2.09. The zero-order valence-electron chi connectivity index (χ0n) is 15.9. The number of ketones is 1. The molecule has 1 N–H and O–H groups in total. The maximum Gasteiger partial charge on any atom is 0.231 e. The SMILES string of the molecule is CCOc1ccc2nc(SCC(=O)CC(=O)Nc3ccccc3)c(C)cc2c1. The van der Waals surface area contributed by atoms with E-state index < -0.39 is 0 Å². The number of aryl methyl sites for hydroxylation is 1. The molecule has 3 aromatic rings. The number of carbonyl (C=O) groups is 2. The number of para-hydroxylation sites is 1. The minimum absolute atomic E-state index is 0.133. The Morgan fingerprint density at radius 1 is 1.11 bits per heavy atom. The summed E-state index contributed by atoms with van der Waals surface area (Å²) in [6.07, 6.45) is -0.147. The van der Waals surface area contributed by atoms with E-state index in [-0.39, 0.29) is 23.9 Å². The van der Waals surface area contributed by atoms with E-state index in [1.807, 2.05) is 56.3 Å². The predicted molar refractivity (Wildman–Crippen MR) is 113 cm³/mol. The zero-order valence-corrected chi connectivity index (χ0v) is 16.7. The molecule has 0 saturated heterocycles. The molecule has 1 heterocycles. The number of hydrogen-bond donors (Lipinski definition) is 1. The van der Waals surface area contributed by atoms with E-state index in [2.05, 4.69) is 10.3 Å². The first-order valence-corrected chi connectivity index (χ1v) is 10.1. The van der Waals surface area contributed by atoms with E-state index in [0.29, 0.717) is 12.3 Å². The standard InChI is InChI=1S/C22H22N2O3S/c1-3-27-19-9-10-20-16(12-19)11-15(2)22(24-20)28-14-18(25)13-21(26)23-17-7-5-4-6-8-17/h4-12H,3,13-14H2,1-2H3,(H,23,26). The van der Waals surface area contributed by atoms with Gasteiger partial charge in [0.2, 0.25) is 5.91 Å². The topological polar surface area (TPSA) is 68.3 Å². The van der Waals surface area contributed by atoms with Crippen LogP contribution in [0.4, 0.5) is 5.69 Å². The number of ether oxygens (including phenoxy) is 1. The fraction of sp³-hybridized carbons (Fsp3) is 0.227. The summed E-state index contributed by atoms with van der Waals surface area (Å²) in [6.45, 7) is 4.53. The van der Waals surface area contributed by atoms with Crippen LogP contribution in [0.5, 0.6) is 5.75 Å². The van der Waals surface area contributed by atoms with Gasteiger partial charge in [0.25, 0.3) is 0 Å². The Balaban J connectivity index is 1.59. The largest absolute Gasteiger partial charge is 0.494 e. The second-order valence-corrected chi connectivity index (χ2v) is 7.28. The monoisotopic (exact) mass is 394 g/mol. The highest BCUT2D eigenvalue weighted by Crippen LogP contribution is 2.27. The number of thioether (sulfide) groups is 1. The molecule has 5 nitrogen and oxygen atoms in total. The third kappa shape index (κ3) is 5.33. The molecule has 0 saturated carbocycles. The van der Waals surface area contributed by atoms with Crippen molar-refractivity contribution in [3.8, 4) is 5.75 Å². The quantitative estimate of drug-likeness (QED) is 0.446. The van der Waals surface area contributed by atoms with Crippen molar-refractivity contribution in [3.05, 3.63) is 60.2 Å². The van der Waals surface area contributed by atoms with Gasteiger partial charge in [0.1, 0.15) is 10.8 Å². The lowest BCUT2D eigenvalue weighted by molar-refractivity contribution is -0.123. The van der Waals surface area contributed by atoms with Gasteiger partial charge < -0.3 is 10.1 Å². The van der Waals surface area contributed by atoms with Crippen LogP contribution in [-0.2, 0) is 9.59 Å². The highest BCUT2D eigenvalue weighted by molar-refractivity contribution is 8.00. The Morgan fingerprint density at radius 3 is 2.64 bits per heavy atom. The number of rotatable bonds is 8. The maximum absolute atomic E-state index is 12.2. The molecule has 6 heteroatoms. The van der Waals surface area contributed by atoms with E-state index in [1.165, 1.54) is 11.8 Å². The van der Waals surface area contributed by atoms with E-state index >= 15 is 0 Å². The minimum Gasteiger partial charge on any atom is -0.494 e. The second-order valence-electron chi connectivity index (χ2n) is 6.32. The molecule has 0 bridgehead atoms. The van der Waals surface area contributed by atoms with Crippen molar-refractivity contribution in [2.24, 2.45) is 0 Å². The van der Waals surface area contributed by atoms with Gasteiger partial charge >= 0.3 is 0 Å². The number of nitrogens with zero attached hydrogens (tertiary/aromatic N) is 1. The summed E-state index contributed by atoms with van der Waals surface area (Å²) in [5.74, 6) is 0.588. The molecule has 0 aliphatic heterocycles. The van der Waals surface area contributed by atoms with E-state index in [4.69, 9.17) is 4.74 Å². The number of aromatic nitrogens is 1. The molecule has 3 rings (SSSR count). The van der Waals surface area contributed by atoms with Gasteiger partial charge in [0.15, 0.2) is 5.78 Å². The Labute approximate surface area is 168 Å². The third-order valence-corrected chi connectivity index (χ3v) is 5.18. The summed E-state index contributed by atoms with van der Waals surface area (Å²) in [5.41, 5.74) is 2.53. The van der Waals surface area contributed by atoms with Crippen LogP contribution in [0, 0.1) is 6.92 Å². The summed E-state index contributed by atoms with van der Waals surface area (Å²) in [4.78, 5) is 28.8. The van der Waals surface area contributed by atoms with Gasteiger partial charge in [-0.15, -0.1) is 0 Å². The summed E-state index contributed by atoms with van der Waals surface area (Å²) in [5, 5.41) is 4.53. The van der Waals surface area contributed by atoms with Crippen LogP contribution in [0.1, 0.15) is 18.9 Å². The second kappa shape index (κ2) is 9.37.